The van der Waals surface area contributed by atoms with Crippen molar-refractivity contribution in [2.75, 3.05) is 46.8 Å². The number of thiophene rings is 7. The smallest absolute Gasteiger partial charge is 0.123 e. The van der Waals surface area contributed by atoms with E-state index in [0.29, 0.717) is 0 Å². The van der Waals surface area contributed by atoms with Crippen molar-refractivity contribution < 1.29 is 33.2 Å². The Balaban J connectivity index is 0.000000129. The Morgan fingerprint density at radius 1 is 0.150 bits per heavy atom. The number of hydrogen-bond acceptors (Lipinski definition) is 14. The van der Waals surface area contributed by atoms with E-state index in [1.54, 1.807) is 7.11 Å². The minimum atomic E-state index is 0.718. The molecule has 0 radical (unpaired) electrons. The van der Waals surface area contributed by atoms with Gasteiger partial charge in [-0.1, -0.05) is 184 Å². The van der Waals surface area contributed by atoms with E-state index in [0.717, 1.165) is 112 Å². The lowest BCUT2D eigenvalue weighted by Gasteiger charge is -2.09. The summed E-state index contributed by atoms with van der Waals surface area (Å²) in [4.78, 5) is 0. The molecule has 0 bridgehead atoms. The molecule has 0 atom stereocenters. The monoisotopic (exact) mass is 2090 g/mol. The third kappa shape index (κ3) is 23.7. The molecule has 0 aliphatic rings. The minimum Gasteiger partial charge on any atom is -0.496 e. The molecule has 0 unspecified atom stereocenters. The summed E-state index contributed by atoms with van der Waals surface area (Å²) in [6, 6.07) is 61.7. The Hall–Kier alpha value is -10.8. The predicted molar refractivity (Wildman–Crippen MR) is 658 cm³/mol. The van der Waals surface area contributed by atoms with E-state index >= 15 is 0 Å². The summed E-state index contributed by atoms with van der Waals surface area (Å²) in [5.74, 6) is 7.20. The number of rotatable bonds is 28. The van der Waals surface area contributed by atoms with Crippen LogP contribution in [0.15, 0.2) is 170 Å². The number of benzene rings is 14. The fourth-order valence-corrected chi connectivity index (χ4v) is 29.2. The van der Waals surface area contributed by atoms with Crippen LogP contribution in [0.2, 0.25) is 0 Å². The molecule has 0 saturated heterocycles. The summed E-state index contributed by atoms with van der Waals surface area (Å²) >= 11 is 13.3. The van der Waals surface area contributed by atoms with Gasteiger partial charge in [-0.05, 0) is 347 Å². The molecule has 770 valence electrons. The number of fused-ring (bicyclic) bond motifs is 21. The maximum atomic E-state index is 6.08. The van der Waals surface area contributed by atoms with E-state index < -0.39 is 0 Å². The highest BCUT2D eigenvalue weighted by Crippen LogP contribution is 2.50. The topological polar surface area (TPSA) is 64.6 Å². The first-order chi connectivity index (χ1) is 70.9. The summed E-state index contributed by atoms with van der Waals surface area (Å²) in [7, 11) is 1.73. The van der Waals surface area contributed by atoms with E-state index in [-0.39, 0.29) is 0 Å². The molecule has 14 aromatic carbocycles. The molecule has 21 rings (SSSR count). The van der Waals surface area contributed by atoms with Gasteiger partial charge < -0.3 is 33.2 Å². The molecule has 14 heteroatoms. The van der Waals surface area contributed by atoms with Gasteiger partial charge in [0.1, 0.15) is 40.2 Å². The summed E-state index contributed by atoms with van der Waals surface area (Å²) in [5, 5.41) is 19.1. The van der Waals surface area contributed by atoms with Crippen LogP contribution in [0.1, 0.15) is 255 Å². The van der Waals surface area contributed by atoms with E-state index in [4.69, 9.17) is 33.2 Å². The van der Waals surface area contributed by atoms with E-state index in [9.17, 15) is 0 Å². The summed E-state index contributed by atoms with van der Waals surface area (Å²) in [5.41, 5.74) is 28.3. The maximum absolute atomic E-state index is 6.08. The zero-order valence-corrected chi connectivity index (χ0v) is 98.4. The Bertz CT molecular complexity index is 8290. The average Bonchev–Trinajstić information content (AvgIpc) is 1.63. The number of aryl methyl sites for hydroxylation is 21. The Morgan fingerprint density at radius 2 is 0.306 bits per heavy atom. The van der Waals surface area contributed by atoms with Gasteiger partial charge in [-0.15, -0.1) is 79.4 Å². The van der Waals surface area contributed by atoms with Crippen molar-refractivity contribution in [1.82, 2.24) is 0 Å². The zero-order chi connectivity index (χ0) is 105. The van der Waals surface area contributed by atoms with Crippen LogP contribution >= 0.6 is 79.4 Å². The standard InChI is InChI=1S/C22H28OS.C21H26OS.C20H24OS.C19H22OS.C18H20OS.C17H18OS.C16H16OS/c1-5-6-7-8-9-14-23-20-13-12-19-18-11-10-15(2)16(3)21(18)24-22(19)17(20)4;1-5-6-7-8-13-22-19-12-11-18-17-10-9-14(2)15(3)20(17)23-21(18)16(19)4;1-5-6-7-12-21-18-11-10-17-16-9-8-13(2)14(3)19(16)22-20(17)15(18)4;1-5-6-11-20-17-10-9-16-15-8-7-12(2)13(3)18(15)21-19(16)14(17)4;1-5-10-19-16-9-8-15-14-7-6-11(2)12(3)17(14)20-18(15)13(16)4;1-5-18-15-9-8-14-13-7-6-10(2)11(3)16(13)19-17(14)12(15)4;1-9-5-6-12-13-7-8-14(17-4)11(3)16(13)18-15(12)10(9)2/h10-13H,5-9,14H2,1-4H3;9-12H,5-8,13H2,1-4H3;8-11H,5-7,12H2,1-4H3;7-10H,5-6,11H2,1-4H3;6-9H,5,10H2,1-4H3;6-9H,5H2,1-4H3;5-8H,1-4H3. The lowest BCUT2D eigenvalue weighted by Crippen LogP contribution is -1.98. The van der Waals surface area contributed by atoms with Gasteiger partial charge in [0.25, 0.3) is 0 Å². The van der Waals surface area contributed by atoms with Crippen molar-refractivity contribution in [2.24, 2.45) is 0 Å². The molecular formula is C133H154O7S7. The molecule has 0 amide bonds. The normalized spacial score (nSPS) is 11.4. The highest BCUT2D eigenvalue weighted by atomic mass is 32.1. The molecule has 21 aromatic rings. The summed E-state index contributed by atoms with van der Waals surface area (Å²) < 4.78 is 60.5. The minimum absolute atomic E-state index is 0.718. The van der Waals surface area contributed by atoms with Crippen molar-refractivity contribution in [2.45, 2.75) is 283 Å². The van der Waals surface area contributed by atoms with Crippen molar-refractivity contribution in [1.29, 1.82) is 0 Å². The third-order valence-corrected chi connectivity index (χ3v) is 40.4. The Morgan fingerprint density at radius 3 is 0.510 bits per heavy atom. The Labute approximate surface area is 903 Å². The molecule has 0 spiro atoms. The SMILES string of the molecule is CCCCCCCOc1ccc2c(sc3c(C)c(C)ccc32)c1C.CCCCCCOc1ccc2c(sc3c(C)c(C)ccc32)c1C.CCCCCOc1ccc2c(sc3c(C)c(C)ccc32)c1C.CCCCOc1ccc2c(sc3c(C)c(C)ccc32)c1C.CCCOc1ccc2c(sc3c(C)c(C)ccc32)c1C.CCOc1ccc2c(sc3c(C)c(C)ccc32)c1C.COc1ccc2c(sc3c(C)c(C)ccc32)c1C. The maximum Gasteiger partial charge on any atom is 0.123 e. The molecule has 0 aliphatic heterocycles. The molecule has 7 aromatic heterocycles. The van der Waals surface area contributed by atoms with Crippen LogP contribution < -0.4 is 33.2 Å². The van der Waals surface area contributed by atoms with Crippen LogP contribution in [-0.4, -0.2) is 46.8 Å². The van der Waals surface area contributed by atoms with Crippen LogP contribution in [0.5, 0.6) is 40.2 Å². The number of methoxy groups -OCH3 is 1. The fraction of sp³-hybridized carbons (Fsp3) is 0.368. The average molecular weight is 2090 g/mol. The van der Waals surface area contributed by atoms with Gasteiger partial charge in [0.2, 0.25) is 0 Å². The largest absolute Gasteiger partial charge is 0.496 e. The molecule has 0 saturated carbocycles. The van der Waals surface area contributed by atoms with Crippen LogP contribution in [0.3, 0.4) is 0 Å². The first-order valence-corrected chi connectivity index (χ1v) is 59.4. The van der Waals surface area contributed by atoms with Crippen molar-refractivity contribution in [3.8, 4) is 40.2 Å². The fourth-order valence-electron chi connectivity index (χ4n) is 19.8. The van der Waals surface area contributed by atoms with Gasteiger partial charge in [-0.2, -0.15) is 0 Å². The molecular weight excluding hydrogens is 1930 g/mol. The van der Waals surface area contributed by atoms with Gasteiger partial charge in [-0.25, -0.2) is 0 Å². The van der Waals surface area contributed by atoms with Crippen LogP contribution in [0, 0.1) is 145 Å². The van der Waals surface area contributed by atoms with Gasteiger partial charge >= 0.3 is 0 Å². The van der Waals surface area contributed by atoms with Crippen molar-refractivity contribution >= 4 is 221 Å². The van der Waals surface area contributed by atoms with E-state index in [1.807, 2.05) is 86.3 Å². The molecule has 7 nitrogen and oxygen atoms in total. The lowest BCUT2D eigenvalue weighted by molar-refractivity contribution is 0.303. The first-order valence-electron chi connectivity index (χ1n) is 53.7. The Kier molecular flexibility index (Phi) is 37.7. The van der Waals surface area contributed by atoms with Gasteiger partial charge in [-0.3, -0.25) is 0 Å². The second-order valence-corrected chi connectivity index (χ2v) is 47.4. The van der Waals surface area contributed by atoms with Crippen LogP contribution in [0.4, 0.5) is 0 Å². The number of unbranched alkanes of at least 4 members (excludes halogenated alkanes) is 10. The molecule has 0 N–H and O–H groups in total. The van der Waals surface area contributed by atoms with Gasteiger partial charge in [0.05, 0.1) is 46.8 Å². The van der Waals surface area contributed by atoms with E-state index in [1.165, 1.54) is 322 Å². The zero-order valence-electron chi connectivity index (χ0n) is 92.7. The predicted octanol–water partition coefficient (Wildman–Crippen LogP) is 43.1. The number of ether oxygens (including phenoxy) is 7. The molecule has 0 aliphatic carbocycles. The summed E-state index contributed by atoms with van der Waals surface area (Å²) in [6.07, 6.45) is 18.3. The second kappa shape index (κ2) is 50.2. The summed E-state index contributed by atoms with van der Waals surface area (Å²) in [6.45, 7) is 64.0. The van der Waals surface area contributed by atoms with Crippen LogP contribution in [0.25, 0.3) is 141 Å². The van der Waals surface area contributed by atoms with Crippen molar-refractivity contribution in [3.05, 3.63) is 287 Å². The number of hydrogen-bond donors (Lipinski definition) is 0. The molecule has 7 heterocycles. The highest BCUT2D eigenvalue weighted by molar-refractivity contribution is 7.28. The molecule has 147 heavy (non-hydrogen) atoms. The van der Waals surface area contributed by atoms with Gasteiger partial charge in [0.15, 0.2) is 0 Å². The lowest BCUT2D eigenvalue weighted by atomic mass is 10.0. The van der Waals surface area contributed by atoms with E-state index in [2.05, 4.69) is 350 Å². The molecule has 0 fully saturated rings. The second-order valence-electron chi connectivity index (χ2n) is 40.3. The van der Waals surface area contributed by atoms with Crippen LogP contribution in [-0.2, 0) is 0 Å². The highest BCUT2D eigenvalue weighted by Gasteiger charge is 2.23. The van der Waals surface area contributed by atoms with Crippen molar-refractivity contribution in [3.63, 3.8) is 0 Å². The quantitative estimate of drug-likeness (QED) is 0.0453. The van der Waals surface area contributed by atoms with Gasteiger partial charge in [0, 0.05) is 180 Å². The first kappa shape index (κ1) is 110. The third-order valence-electron chi connectivity index (χ3n) is 30.2.